The second kappa shape index (κ2) is 7.55. The maximum absolute atomic E-state index is 8.74. The molecule has 1 unspecified atom stereocenters. The Morgan fingerprint density at radius 2 is 1.12 bits per heavy atom. The normalized spacial score (nSPS) is 7.25. The fraction of sp³-hybridized carbons (Fsp3) is 0. The molecule has 1 atom stereocenters. The van der Waals surface area contributed by atoms with Crippen LogP contribution in [-0.2, 0) is 10.4 Å². The van der Waals surface area contributed by atoms with Gasteiger partial charge in [0.25, 0.3) is 0 Å². The largest absolute Gasteiger partial charge is 0.394 e. The topological polar surface area (TPSA) is 110 Å². The van der Waals surface area contributed by atoms with E-state index in [9.17, 15) is 0 Å². The minimum atomic E-state index is -4.67. The van der Waals surface area contributed by atoms with E-state index in [-0.39, 0.29) is 28.5 Å². The first-order valence-corrected chi connectivity index (χ1v) is 2.10. The van der Waals surface area contributed by atoms with Crippen LogP contribution in [0.3, 0.4) is 0 Å². The van der Waals surface area contributed by atoms with Crippen molar-refractivity contribution in [2.75, 3.05) is 0 Å². The summed E-state index contributed by atoms with van der Waals surface area (Å²) in [4.78, 5) is 0. The summed E-state index contributed by atoms with van der Waals surface area (Å²) in [6.45, 7) is 0. The van der Waals surface area contributed by atoms with Crippen LogP contribution in [0.25, 0.3) is 0 Å². The molecular formula is H9ClNO4PS. The molecule has 0 rings (SSSR count). The lowest BCUT2D eigenvalue weighted by Gasteiger charge is -1.68. The highest BCUT2D eigenvalue weighted by molar-refractivity contribution is 7.79. The predicted molar refractivity (Wildman–Crippen MR) is 37.6 cm³/mol. The Bertz CT molecular complexity index is 99.2. The van der Waals surface area contributed by atoms with Gasteiger partial charge in [-0.3, -0.25) is 9.11 Å². The van der Waals surface area contributed by atoms with Gasteiger partial charge in [-0.1, -0.05) is 0 Å². The summed E-state index contributed by atoms with van der Waals surface area (Å²) < 4.78 is 31.6. The van der Waals surface area contributed by atoms with Gasteiger partial charge in [0.05, 0.1) is 0 Å². The molecule has 5 N–H and O–H groups in total. The smallest absolute Gasteiger partial charge is 0.344 e. The molecule has 0 aliphatic carbocycles. The van der Waals surface area contributed by atoms with Crippen molar-refractivity contribution >= 4 is 32.7 Å². The number of hydrogen-bond donors (Lipinski definition) is 3. The molecule has 56 valence electrons. The second-order valence-corrected chi connectivity index (χ2v) is 1.34. The Balaban J connectivity index is -0.0000000267. The van der Waals surface area contributed by atoms with E-state index >= 15 is 0 Å². The number of halogens is 1. The zero-order chi connectivity index (χ0) is 4.50. The van der Waals surface area contributed by atoms with Crippen molar-refractivity contribution in [2.24, 2.45) is 0 Å². The minimum absolute atomic E-state index is 0. The van der Waals surface area contributed by atoms with Crippen LogP contribution in [0.2, 0.25) is 0 Å². The van der Waals surface area contributed by atoms with E-state index in [0.717, 1.165) is 0 Å². The minimum Gasteiger partial charge on any atom is -0.344 e. The van der Waals surface area contributed by atoms with Crippen LogP contribution in [0.1, 0.15) is 0 Å². The molecule has 0 bridgehead atoms. The number of rotatable bonds is 0. The number of hydrogen-bond acceptors (Lipinski definition) is 3. The van der Waals surface area contributed by atoms with Crippen molar-refractivity contribution in [3.8, 4) is 0 Å². The molecule has 0 amide bonds. The van der Waals surface area contributed by atoms with E-state index in [0.29, 0.717) is 0 Å². The van der Waals surface area contributed by atoms with E-state index < -0.39 is 10.4 Å². The summed E-state index contributed by atoms with van der Waals surface area (Å²) >= 11 is 0. The SMILES string of the molecule is Cl.N.O=S(=O)(O)O.P. The highest BCUT2D eigenvalue weighted by Crippen LogP contribution is 1.59. The van der Waals surface area contributed by atoms with Gasteiger partial charge in [0.1, 0.15) is 0 Å². The summed E-state index contributed by atoms with van der Waals surface area (Å²) in [5, 5.41) is 0. The van der Waals surface area contributed by atoms with Crippen LogP contribution < -0.4 is 6.15 Å². The van der Waals surface area contributed by atoms with Crippen molar-refractivity contribution in [1.82, 2.24) is 6.15 Å². The third-order valence-corrected chi connectivity index (χ3v) is 0. The lowest BCUT2D eigenvalue weighted by atomic mass is 14.0. The Morgan fingerprint density at radius 3 is 1.12 bits per heavy atom. The van der Waals surface area contributed by atoms with Crippen LogP contribution in [0, 0.1) is 0 Å². The van der Waals surface area contributed by atoms with E-state index in [2.05, 4.69) is 0 Å². The lowest BCUT2D eigenvalue weighted by Crippen LogP contribution is -1.89. The highest BCUT2D eigenvalue weighted by atomic mass is 35.5. The fourth-order valence-electron chi connectivity index (χ4n) is 0. The van der Waals surface area contributed by atoms with Gasteiger partial charge in [0, 0.05) is 0 Å². The molecule has 0 spiro atoms. The molecule has 8 heteroatoms. The monoisotopic (exact) mass is 185 g/mol. The van der Waals surface area contributed by atoms with Gasteiger partial charge >= 0.3 is 10.4 Å². The quantitative estimate of drug-likeness (QED) is 0.363. The Kier molecular flexibility index (Phi) is 22.2. The van der Waals surface area contributed by atoms with Crippen LogP contribution in [0.15, 0.2) is 0 Å². The molecule has 0 radical (unpaired) electrons. The highest BCUT2D eigenvalue weighted by Gasteiger charge is 1.84. The Labute approximate surface area is 57.0 Å². The van der Waals surface area contributed by atoms with E-state index in [1.807, 2.05) is 0 Å². The zero-order valence-corrected chi connectivity index (χ0v) is 6.99. The first-order chi connectivity index (χ1) is 2.00. The average molecular weight is 186 g/mol. The first kappa shape index (κ1) is 23.5. The molecule has 0 aliphatic rings. The zero-order valence-electron chi connectivity index (χ0n) is 3.94. The summed E-state index contributed by atoms with van der Waals surface area (Å²) in [7, 11) is -4.67. The van der Waals surface area contributed by atoms with Crippen molar-refractivity contribution in [2.45, 2.75) is 0 Å². The second-order valence-electron chi connectivity index (χ2n) is 0.448. The average Bonchev–Trinajstić information content (AvgIpc) is 0.722. The van der Waals surface area contributed by atoms with Crippen molar-refractivity contribution in [3.05, 3.63) is 0 Å². The molecule has 0 fully saturated rings. The van der Waals surface area contributed by atoms with Crippen LogP contribution in [0.4, 0.5) is 0 Å². The fourth-order valence-corrected chi connectivity index (χ4v) is 0. The third-order valence-electron chi connectivity index (χ3n) is 0. The summed E-state index contributed by atoms with van der Waals surface area (Å²) in [6.07, 6.45) is 0. The third kappa shape index (κ3) is 667. The molecule has 5 nitrogen and oxygen atoms in total. The van der Waals surface area contributed by atoms with Crippen LogP contribution in [-0.4, -0.2) is 17.5 Å². The molecular weight excluding hydrogens is 176 g/mol. The molecule has 0 aromatic carbocycles. The van der Waals surface area contributed by atoms with Gasteiger partial charge in [-0.2, -0.15) is 18.3 Å². The van der Waals surface area contributed by atoms with Crippen LogP contribution in [0.5, 0.6) is 0 Å². The summed E-state index contributed by atoms with van der Waals surface area (Å²) in [5.74, 6) is 0. The van der Waals surface area contributed by atoms with Crippen LogP contribution >= 0.6 is 22.3 Å². The Morgan fingerprint density at radius 1 is 1.12 bits per heavy atom. The van der Waals surface area contributed by atoms with E-state index in [4.69, 9.17) is 17.5 Å². The molecule has 0 aliphatic heterocycles. The standard InChI is InChI=1S/ClH.H3N.H2O4S.H3P/c;;1-5(2,3)4;/h1H;1H3;(H2,1,2,3,4);1H3. The van der Waals surface area contributed by atoms with Gasteiger partial charge < -0.3 is 6.15 Å². The van der Waals surface area contributed by atoms with Gasteiger partial charge in [0.15, 0.2) is 0 Å². The van der Waals surface area contributed by atoms with Gasteiger partial charge in [-0.05, 0) is 0 Å². The van der Waals surface area contributed by atoms with Gasteiger partial charge in [-0.15, -0.1) is 12.4 Å². The molecule has 8 heavy (non-hydrogen) atoms. The van der Waals surface area contributed by atoms with E-state index in [1.165, 1.54) is 0 Å². The van der Waals surface area contributed by atoms with Crippen molar-refractivity contribution in [3.63, 3.8) is 0 Å². The molecule has 0 heterocycles. The maximum Gasteiger partial charge on any atom is 0.394 e. The Hall–Kier alpha value is 0.550. The maximum atomic E-state index is 8.74. The predicted octanol–water partition coefficient (Wildman–Crippen LogP) is -0.0109. The van der Waals surface area contributed by atoms with Crippen molar-refractivity contribution < 1.29 is 17.5 Å². The van der Waals surface area contributed by atoms with E-state index in [1.54, 1.807) is 0 Å². The molecule has 0 saturated carbocycles. The summed E-state index contributed by atoms with van der Waals surface area (Å²) in [5.41, 5.74) is 0. The molecule has 0 aromatic rings. The lowest BCUT2D eigenvalue weighted by molar-refractivity contribution is 0.381. The van der Waals surface area contributed by atoms with Gasteiger partial charge in [0.2, 0.25) is 0 Å². The van der Waals surface area contributed by atoms with Crippen molar-refractivity contribution in [1.29, 1.82) is 0 Å². The molecule has 0 aromatic heterocycles. The van der Waals surface area contributed by atoms with Gasteiger partial charge in [-0.25, -0.2) is 0 Å². The first-order valence-electron chi connectivity index (χ1n) is 0.698. The summed E-state index contributed by atoms with van der Waals surface area (Å²) in [6, 6.07) is 0. The molecule has 0 saturated heterocycles.